The van der Waals surface area contributed by atoms with Crippen LogP contribution in [0.25, 0.3) is 10.6 Å². The first kappa shape index (κ1) is 20.4. The lowest BCUT2D eigenvalue weighted by atomic mass is 10.2. The van der Waals surface area contributed by atoms with E-state index in [4.69, 9.17) is 9.47 Å². The van der Waals surface area contributed by atoms with Crippen molar-refractivity contribution in [3.8, 4) is 16.3 Å². The fourth-order valence-corrected chi connectivity index (χ4v) is 3.91. The van der Waals surface area contributed by atoms with Gasteiger partial charge in [-0.2, -0.15) is 0 Å². The molecule has 0 radical (unpaired) electrons. The van der Waals surface area contributed by atoms with Crippen molar-refractivity contribution in [2.75, 3.05) is 13.2 Å². The van der Waals surface area contributed by atoms with Crippen molar-refractivity contribution in [3.63, 3.8) is 0 Å². The molecule has 4 rings (SSSR count). The van der Waals surface area contributed by atoms with E-state index < -0.39 is 11.6 Å². The van der Waals surface area contributed by atoms with Crippen molar-refractivity contribution in [1.29, 1.82) is 0 Å². The third kappa shape index (κ3) is 5.01. The van der Waals surface area contributed by atoms with Gasteiger partial charge < -0.3 is 14.8 Å². The van der Waals surface area contributed by atoms with Crippen LogP contribution < -0.4 is 10.1 Å². The summed E-state index contributed by atoms with van der Waals surface area (Å²) in [4.78, 5) is 16.7. The van der Waals surface area contributed by atoms with Crippen molar-refractivity contribution in [2.24, 2.45) is 0 Å². The van der Waals surface area contributed by atoms with Crippen LogP contribution >= 0.6 is 11.3 Å². The van der Waals surface area contributed by atoms with Crippen molar-refractivity contribution >= 4 is 17.2 Å². The lowest BCUT2D eigenvalue weighted by Gasteiger charge is -2.09. The Hall–Kier alpha value is -2.84. The Morgan fingerprint density at radius 2 is 2.07 bits per heavy atom. The first-order valence-electron chi connectivity index (χ1n) is 9.61. The van der Waals surface area contributed by atoms with Gasteiger partial charge in [-0.15, -0.1) is 11.3 Å². The van der Waals surface area contributed by atoms with E-state index in [0.717, 1.165) is 31.1 Å². The third-order valence-electron chi connectivity index (χ3n) is 4.76. The molecule has 1 amide bonds. The summed E-state index contributed by atoms with van der Waals surface area (Å²) < 4.78 is 37.7. The maximum atomic E-state index is 13.7. The Bertz CT molecular complexity index is 1020. The number of rotatable bonds is 7. The topological polar surface area (TPSA) is 60.5 Å². The summed E-state index contributed by atoms with van der Waals surface area (Å²) >= 11 is 1.38. The van der Waals surface area contributed by atoms with Crippen LogP contribution in [0.1, 0.15) is 28.9 Å². The molecule has 2 aromatic carbocycles. The molecule has 0 aliphatic carbocycles. The van der Waals surface area contributed by atoms with Gasteiger partial charge >= 0.3 is 0 Å². The number of benzene rings is 2. The third-order valence-corrected chi connectivity index (χ3v) is 5.65. The molecule has 1 aliphatic heterocycles. The Morgan fingerprint density at radius 3 is 2.80 bits per heavy atom. The summed E-state index contributed by atoms with van der Waals surface area (Å²) in [5.41, 5.74) is 1.50. The molecule has 1 N–H and O–H groups in total. The first-order chi connectivity index (χ1) is 14.6. The fraction of sp³-hybridized carbons (Fsp3) is 0.273. The summed E-state index contributed by atoms with van der Waals surface area (Å²) in [6, 6.07) is 10.5. The van der Waals surface area contributed by atoms with Gasteiger partial charge in [-0.1, -0.05) is 0 Å². The number of hydrogen-bond acceptors (Lipinski definition) is 5. The number of amides is 1. The molecular formula is C22H20F2N2O3S. The van der Waals surface area contributed by atoms with E-state index in [-0.39, 0.29) is 24.2 Å². The van der Waals surface area contributed by atoms with E-state index in [1.807, 2.05) is 12.1 Å². The molecule has 30 heavy (non-hydrogen) atoms. The van der Waals surface area contributed by atoms with Crippen LogP contribution in [-0.4, -0.2) is 30.1 Å². The van der Waals surface area contributed by atoms with Crippen LogP contribution in [0.15, 0.2) is 47.8 Å². The minimum absolute atomic E-state index is 0.00224. The van der Waals surface area contributed by atoms with Crippen LogP contribution in [0.5, 0.6) is 5.75 Å². The van der Waals surface area contributed by atoms with Crippen LogP contribution in [0, 0.1) is 11.6 Å². The molecule has 8 heteroatoms. The van der Waals surface area contributed by atoms with Crippen molar-refractivity contribution in [2.45, 2.75) is 25.6 Å². The lowest BCUT2D eigenvalue weighted by Crippen LogP contribution is -2.31. The number of aromatic nitrogens is 1. The molecule has 1 aromatic heterocycles. The number of halogens is 2. The van der Waals surface area contributed by atoms with Crippen molar-refractivity contribution in [1.82, 2.24) is 10.3 Å². The van der Waals surface area contributed by atoms with Crippen LogP contribution in [-0.2, 0) is 11.3 Å². The molecular weight excluding hydrogens is 410 g/mol. The van der Waals surface area contributed by atoms with Gasteiger partial charge in [0.25, 0.3) is 5.91 Å². The number of thiazole rings is 1. The lowest BCUT2D eigenvalue weighted by molar-refractivity contribution is 0.0854. The zero-order valence-corrected chi connectivity index (χ0v) is 16.9. The average molecular weight is 430 g/mol. The SMILES string of the molecule is O=C(NC[C@@H]1CCCO1)c1csc(-c2ccc(OCc3ccc(F)cc3F)cc2)n1. The normalized spacial score (nSPS) is 15.9. The van der Waals surface area contributed by atoms with E-state index in [2.05, 4.69) is 10.3 Å². The standard InChI is InChI=1S/C22H20F2N2O3S/c23-16-6-3-15(19(24)10-16)12-29-17-7-4-14(5-8-17)22-26-20(13-30-22)21(27)25-11-18-2-1-9-28-18/h3-8,10,13,18H,1-2,9,11-12H2,(H,25,27)/t18-/m0/s1. The fourth-order valence-electron chi connectivity index (χ4n) is 3.11. The van der Waals surface area contributed by atoms with Crippen molar-refractivity contribution in [3.05, 3.63) is 70.7 Å². The second kappa shape index (κ2) is 9.32. The molecule has 1 fully saturated rings. The number of nitrogens with zero attached hydrogens (tertiary/aromatic N) is 1. The summed E-state index contributed by atoms with van der Waals surface area (Å²) in [7, 11) is 0. The number of carbonyl (C=O) groups is 1. The summed E-state index contributed by atoms with van der Waals surface area (Å²) in [6.07, 6.45) is 2.08. The molecule has 0 spiro atoms. The number of hydrogen-bond donors (Lipinski definition) is 1. The molecule has 1 saturated heterocycles. The van der Waals surface area contributed by atoms with Gasteiger partial charge in [0.2, 0.25) is 0 Å². The zero-order chi connectivity index (χ0) is 20.9. The molecule has 5 nitrogen and oxygen atoms in total. The quantitative estimate of drug-likeness (QED) is 0.596. The highest BCUT2D eigenvalue weighted by Crippen LogP contribution is 2.26. The average Bonchev–Trinajstić information content (AvgIpc) is 3.44. The highest BCUT2D eigenvalue weighted by Gasteiger charge is 2.18. The summed E-state index contributed by atoms with van der Waals surface area (Å²) in [5.74, 6) is -0.925. The molecule has 3 aromatic rings. The Morgan fingerprint density at radius 1 is 1.23 bits per heavy atom. The maximum Gasteiger partial charge on any atom is 0.270 e. The minimum atomic E-state index is -0.639. The van der Waals surface area contributed by atoms with E-state index in [1.165, 1.54) is 23.5 Å². The Balaban J connectivity index is 1.34. The maximum absolute atomic E-state index is 13.7. The van der Waals surface area contributed by atoms with Crippen LogP contribution in [0.2, 0.25) is 0 Å². The second-order valence-electron chi connectivity index (χ2n) is 6.93. The number of nitrogens with one attached hydrogen (secondary N) is 1. The Kier molecular flexibility index (Phi) is 6.35. The van der Waals surface area contributed by atoms with Crippen molar-refractivity contribution < 1.29 is 23.0 Å². The number of carbonyl (C=O) groups excluding carboxylic acids is 1. The molecule has 1 atom stereocenters. The zero-order valence-electron chi connectivity index (χ0n) is 16.1. The van der Waals surface area contributed by atoms with Gasteiger partial charge in [-0.3, -0.25) is 4.79 Å². The molecule has 1 aliphatic rings. The van der Waals surface area contributed by atoms with E-state index in [1.54, 1.807) is 17.5 Å². The minimum Gasteiger partial charge on any atom is -0.489 e. The molecule has 0 unspecified atom stereocenters. The van der Waals surface area contributed by atoms with Crippen LogP contribution in [0.4, 0.5) is 8.78 Å². The smallest absolute Gasteiger partial charge is 0.270 e. The van der Waals surface area contributed by atoms with Gasteiger partial charge in [0.15, 0.2) is 0 Å². The second-order valence-corrected chi connectivity index (χ2v) is 7.79. The van der Waals surface area contributed by atoms with E-state index >= 15 is 0 Å². The molecule has 156 valence electrons. The summed E-state index contributed by atoms with van der Waals surface area (Å²) in [6.45, 7) is 1.24. The van der Waals surface area contributed by atoms with Gasteiger partial charge in [-0.25, -0.2) is 13.8 Å². The van der Waals surface area contributed by atoms with E-state index in [9.17, 15) is 13.6 Å². The van der Waals surface area contributed by atoms with Gasteiger partial charge in [0.05, 0.1) is 6.10 Å². The monoisotopic (exact) mass is 430 g/mol. The van der Waals surface area contributed by atoms with E-state index in [0.29, 0.717) is 23.0 Å². The van der Waals surface area contributed by atoms with Crippen LogP contribution in [0.3, 0.4) is 0 Å². The Labute approximate surface area is 176 Å². The van der Waals surface area contributed by atoms with Gasteiger partial charge in [-0.05, 0) is 49.2 Å². The highest BCUT2D eigenvalue weighted by atomic mass is 32.1. The first-order valence-corrected chi connectivity index (χ1v) is 10.5. The predicted octanol–water partition coefficient (Wildman–Crippen LogP) is 4.58. The molecule has 0 bridgehead atoms. The largest absolute Gasteiger partial charge is 0.489 e. The molecule has 2 heterocycles. The predicted molar refractivity (Wildman–Crippen MR) is 110 cm³/mol. The number of ether oxygens (including phenoxy) is 2. The molecule has 0 saturated carbocycles. The summed E-state index contributed by atoms with van der Waals surface area (Å²) in [5, 5.41) is 5.30. The highest BCUT2D eigenvalue weighted by molar-refractivity contribution is 7.13. The van der Waals surface area contributed by atoms with Gasteiger partial charge in [0, 0.05) is 35.7 Å². The van der Waals surface area contributed by atoms with Gasteiger partial charge in [0.1, 0.15) is 34.7 Å².